The first-order valence-electron chi connectivity index (χ1n) is 13.2. The van der Waals surface area contributed by atoms with Crippen LogP contribution in [0.15, 0.2) is 11.1 Å². The van der Waals surface area contributed by atoms with Crippen LogP contribution in [0.2, 0.25) is 0 Å². The summed E-state index contributed by atoms with van der Waals surface area (Å²) in [5, 5.41) is 12.7. The van der Waals surface area contributed by atoms with Crippen molar-refractivity contribution in [3.05, 3.63) is 17.7 Å². The molecule has 0 aromatic carbocycles. The molecule has 1 unspecified atom stereocenters. The molecule has 0 saturated heterocycles. The molecule has 2 saturated carbocycles. The maximum Gasteiger partial charge on any atom is 0.433 e. The second kappa shape index (κ2) is 9.95. The normalized spacial score (nSPS) is 24.3. The SMILES string of the molecule is CC1CCC(Cn2c(C3=CCCC3)nc3nc(C(N)=NC(=O)O)nc(NC(C)C4CCC4)c32)CC1. The molecule has 0 bridgehead atoms. The van der Waals surface area contributed by atoms with Crippen molar-refractivity contribution < 1.29 is 9.90 Å². The zero-order valence-corrected chi connectivity index (χ0v) is 20.8. The Labute approximate surface area is 206 Å². The van der Waals surface area contributed by atoms with Crippen LogP contribution in [0.4, 0.5) is 10.6 Å². The number of hydrogen-bond acceptors (Lipinski definition) is 5. The molecule has 1 atom stereocenters. The predicted octanol–water partition coefficient (Wildman–Crippen LogP) is 5.20. The second-order valence-corrected chi connectivity index (χ2v) is 10.8. The summed E-state index contributed by atoms with van der Waals surface area (Å²) in [6.45, 7) is 5.43. The number of aliphatic imine (C=N–C) groups is 1. The summed E-state index contributed by atoms with van der Waals surface area (Å²) in [7, 11) is 0. The van der Waals surface area contributed by atoms with Crippen LogP contribution < -0.4 is 11.1 Å². The molecule has 2 fully saturated rings. The van der Waals surface area contributed by atoms with Crippen molar-refractivity contribution >= 4 is 34.5 Å². The van der Waals surface area contributed by atoms with Gasteiger partial charge in [-0.1, -0.05) is 32.3 Å². The molecular formula is C26H37N7O2. The summed E-state index contributed by atoms with van der Waals surface area (Å²) >= 11 is 0. The predicted molar refractivity (Wildman–Crippen MR) is 137 cm³/mol. The van der Waals surface area contributed by atoms with Crippen LogP contribution >= 0.6 is 0 Å². The summed E-state index contributed by atoms with van der Waals surface area (Å²) in [5.74, 6) is 3.53. The lowest BCUT2D eigenvalue weighted by Gasteiger charge is -2.32. The Morgan fingerprint density at radius 2 is 1.97 bits per heavy atom. The summed E-state index contributed by atoms with van der Waals surface area (Å²) in [6.07, 6.45) is 12.8. The number of nitrogens with zero attached hydrogens (tertiary/aromatic N) is 5. The van der Waals surface area contributed by atoms with Crippen molar-refractivity contribution in [3.63, 3.8) is 0 Å². The van der Waals surface area contributed by atoms with Gasteiger partial charge in [0.05, 0.1) is 0 Å². The van der Waals surface area contributed by atoms with E-state index in [-0.39, 0.29) is 17.7 Å². The Balaban J connectivity index is 1.62. The number of rotatable bonds is 7. The van der Waals surface area contributed by atoms with Crippen molar-refractivity contribution in [2.45, 2.75) is 90.6 Å². The molecule has 188 valence electrons. The molecule has 2 aromatic heterocycles. The first kappa shape index (κ1) is 23.8. The third-order valence-electron chi connectivity index (χ3n) is 8.17. The van der Waals surface area contributed by atoms with Gasteiger partial charge in [0.25, 0.3) is 0 Å². The van der Waals surface area contributed by atoms with Crippen LogP contribution in [-0.2, 0) is 6.54 Å². The Kier molecular flexibility index (Phi) is 6.75. The summed E-state index contributed by atoms with van der Waals surface area (Å²) in [5.41, 5.74) is 8.69. The highest BCUT2D eigenvalue weighted by molar-refractivity contribution is 6.01. The summed E-state index contributed by atoms with van der Waals surface area (Å²) in [4.78, 5) is 28.9. The number of imidazole rings is 1. The summed E-state index contributed by atoms with van der Waals surface area (Å²) in [6, 6.07) is 0.236. The zero-order chi connectivity index (χ0) is 24.5. The third-order valence-corrected chi connectivity index (χ3v) is 8.17. The zero-order valence-electron chi connectivity index (χ0n) is 20.8. The van der Waals surface area contributed by atoms with E-state index >= 15 is 0 Å². The van der Waals surface area contributed by atoms with E-state index in [2.05, 4.69) is 39.8 Å². The molecule has 3 aliphatic rings. The van der Waals surface area contributed by atoms with Crippen LogP contribution in [0, 0.1) is 17.8 Å². The van der Waals surface area contributed by atoms with Crippen LogP contribution in [-0.4, -0.2) is 42.6 Å². The topological polar surface area (TPSA) is 131 Å². The number of carbonyl (C=O) groups is 1. The molecule has 4 N–H and O–H groups in total. The van der Waals surface area contributed by atoms with Gasteiger partial charge in [-0.25, -0.2) is 19.7 Å². The molecular weight excluding hydrogens is 442 g/mol. The standard InChI is InChI=1S/C26H37N7O2/c1-15-10-12-17(13-11-15)14-33-20-22(28-16(2)18-8-5-9-18)30-24(21(27)29-26(34)35)31-23(20)32-25(33)19-6-3-4-7-19/h6,15-18H,3-5,7-14H2,1-2H3,(H2,27,29)(H,34,35)(H,28,30,31). The minimum absolute atomic E-state index is 0.103. The minimum atomic E-state index is -1.36. The Bertz CT molecular complexity index is 1160. The maximum atomic E-state index is 11.2. The van der Waals surface area contributed by atoms with Gasteiger partial charge in [-0.3, -0.25) is 0 Å². The molecule has 0 aliphatic heterocycles. The van der Waals surface area contributed by atoms with Gasteiger partial charge in [-0.2, -0.15) is 4.99 Å². The van der Waals surface area contributed by atoms with Gasteiger partial charge in [0.15, 0.2) is 23.1 Å². The third kappa shape index (κ3) is 5.04. The van der Waals surface area contributed by atoms with Crippen molar-refractivity contribution in [2.75, 3.05) is 5.32 Å². The van der Waals surface area contributed by atoms with Gasteiger partial charge < -0.3 is 20.7 Å². The van der Waals surface area contributed by atoms with Gasteiger partial charge in [-0.05, 0) is 75.2 Å². The summed E-state index contributed by atoms with van der Waals surface area (Å²) < 4.78 is 2.33. The van der Waals surface area contributed by atoms with E-state index in [0.29, 0.717) is 23.3 Å². The number of allylic oxidation sites excluding steroid dienone is 2. The first-order chi connectivity index (χ1) is 16.9. The smallest absolute Gasteiger partial charge is 0.433 e. The van der Waals surface area contributed by atoms with Crippen molar-refractivity contribution in [2.24, 2.45) is 28.5 Å². The largest absolute Gasteiger partial charge is 0.463 e. The van der Waals surface area contributed by atoms with E-state index in [9.17, 15) is 4.79 Å². The number of amidine groups is 1. The lowest BCUT2D eigenvalue weighted by Crippen LogP contribution is -2.32. The Hall–Kier alpha value is -2.97. The molecule has 0 radical (unpaired) electrons. The number of nitrogens with two attached hydrogens (primary N) is 1. The van der Waals surface area contributed by atoms with Crippen LogP contribution in [0.25, 0.3) is 16.7 Å². The number of nitrogens with one attached hydrogen (secondary N) is 1. The minimum Gasteiger partial charge on any atom is -0.463 e. The van der Waals surface area contributed by atoms with Gasteiger partial charge >= 0.3 is 6.09 Å². The average molecular weight is 480 g/mol. The molecule has 5 rings (SSSR count). The van der Waals surface area contributed by atoms with Gasteiger partial charge in [0, 0.05) is 12.6 Å². The molecule has 9 heteroatoms. The molecule has 35 heavy (non-hydrogen) atoms. The van der Waals surface area contributed by atoms with E-state index in [4.69, 9.17) is 20.8 Å². The Morgan fingerprint density at radius 1 is 1.20 bits per heavy atom. The van der Waals surface area contributed by atoms with Gasteiger partial charge in [-0.15, -0.1) is 0 Å². The molecule has 3 aliphatic carbocycles. The molecule has 0 spiro atoms. The highest BCUT2D eigenvalue weighted by atomic mass is 16.4. The van der Waals surface area contributed by atoms with Crippen LogP contribution in [0.1, 0.15) is 89.7 Å². The maximum absolute atomic E-state index is 11.2. The number of hydrogen-bond donors (Lipinski definition) is 3. The van der Waals surface area contributed by atoms with E-state index < -0.39 is 6.09 Å². The van der Waals surface area contributed by atoms with E-state index in [1.54, 1.807) is 0 Å². The number of aromatic nitrogens is 4. The van der Waals surface area contributed by atoms with Gasteiger partial charge in [0.1, 0.15) is 11.3 Å². The van der Waals surface area contributed by atoms with Crippen molar-refractivity contribution in [1.29, 1.82) is 0 Å². The molecule has 2 aromatic rings. The monoisotopic (exact) mass is 479 g/mol. The second-order valence-electron chi connectivity index (χ2n) is 10.8. The fourth-order valence-electron chi connectivity index (χ4n) is 5.74. The van der Waals surface area contributed by atoms with E-state index in [1.807, 2.05) is 0 Å². The quantitative estimate of drug-likeness (QED) is 0.367. The van der Waals surface area contributed by atoms with E-state index in [0.717, 1.165) is 43.1 Å². The number of amides is 1. The van der Waals surface area contributed by atoms with Crippen LogP contribution in [0.3, 0.4) is 0 Å². The first-order valence-corrected chi connectivity index (χ1v) is 13.2. The molecule has 2 heterocycles. The van der Waals surface area contributed by atoms with Gasteiger partial charge in [0.2, 0.25) is 0 Å². The number of anilines is 1. The number of fused-ring (bicyclic) bond motifs is 1. The fourth-order valence-corrected chi connectivity index (χ4v) is 5.74. The Morgan fingerprint density at radius 3 is 2.60 bits per heavy atom. The van der Waals surface area contributed by atoms with Crippen molar-refractivity contribution in [3.8, 4) is 0 Å². The highest BCUT2D eigenvalue weighted by Crippen LogP contribution is 2.37. The average Bonchev–Trinajstić information content (AvgIpc) is 3.42. The lowest BCUT2D eigenvalue weighted by molar-refractivity contribution is 0.205. The molecule has 9 nitrogen and oxygen atoms in total. The van der Waals surface area contributed by atoms with Crippen LogP contribution in [0.5, 0.6) is 0 Å². The highest BCUT2D eigenvalue weighted by Gasteiger charge is 2.29. The fraction of sp³-hybridized carbons (Fsp3) is 0.654. The van der Waals surface area contributed by atoms with Crippen molar-refractivity contribution in [1.82, 2.24) is 19.5 Å². The van der Waals surface area contributed by atoms with E-state index in [1.165, 1.54) is 50.5 Å². The molecule has 1 amide bonds. The lowest BCUT2D eigenvalue weighted by atomic mass is 9.80. The number of carboxylic acid groups (broad SMARTS) is 1.